The van der Waals surface area contributed by atoms with Gasteiger partial charge in [-0.2, -0.15) is 0 Å². The Balaban J connectivity index is 2.21. The molecule has 0 aliphatic heterocycles. The summed E-state index contributed by atoms with van der Waals surface area (Å²) in [6.45, 7) is 5.60. The molecule has 2 aromatic carbocycles. The minimum absolute atomic E-state index is 0.0527. The van der Waals surface area contributed by atoms with Crippen LogP contribution in [-0.2, 0) is 10.3 Å². The average molecular weight is 377 g/mol. The highest BCUT2D eigenvalue weighted by molar-refractivity contribution is 9.10. The van der Waals surface area contributed by atoms with Crippen molar-refractivity contribution in [3.05, 3.63) is 58.6 Å². The number of amides is 1. The highest BCUT2D eigenvalue weighted by Gasteiger charge is 2.30. The van der Waals surface area contributed by atoms with Crippen LogP contribution in [0.4, 0.5) is 5.69 Å². The Labute approximate surface area is 145 Å². The van der Waals surface area contributed by atoms with Gasteiger partial charge in [-0.05, 0) is 38.5 Å². The Morgan fingerprint density at radius 2 is 1.87 bits per heavy atom. The van der Waals surface area contributed by atoms with E-state index >= 15 is 0 Å². The Morgan fingerprint density at radius 3 is 2.48 bits per heavy atom. The van der Waals surface area contributed by atoms with E-state index < -0.39 is 5.54 Å². The van der Waals surface area contributed by atoms with E-state index in [2.05, 4.69) is 21.2 Å². The fraction of sp³-hybridized carbons (Fsp3) is 0.278. The summed E-state index contributed by atoms with van der Waals surface area (Å²) in [6, 6.07) is 14.7. The maximum atomic E-state index is 12.6. The van der Waals surface area contributed by atoms with Gasteiger partial charge < -0.3 is 15.8 Å². The molecule has 3 N–H and O–H groups in total. The number of ether oxygens (including phenoxy) is 1. The van der Waals surface area contributed by atoms with E-state index in [-0.39, 0.29) is 12.0 Å². The normalized spacial score (nSPS) is 13.5. The van der Waals surface area contributed by atoms with E-state index in [9.17, 15) is 4.79 Å². The summed E-state index contributed by atoms with van der Waals surface area (Å²) in [6.07, 6.45) is 0.0527. The van der Waals surface area contributed by atoms with E-state index in [0.29, 0.717) is 11.4 Å². The highest BCUT2D eigenvalue weighted by Crippen LogP contribution is 2.27. The molecule has 1 unspecified atom stereocenters. The van der Waals surface area contributed by atoms with E-state index in [0.717, 1.165) is 10.0 Å². The molecule has 0 heterocycles. The summed E-state index contributed by atoms with van der Waals surface area (Å²) in [5, 5.41) is 2.86. The molecule has 1 atom stereocenters. The van der Waals surface area contributed by atoms with Gasteiger partial charge in [-0.15, -0.1) is 0 Å². The van der Waals surface area contributed by atoms with Crippen LogP contribution in [0.25, 0.3) is 0 Å². The summed E-state index contributed by atoms with van der Waals surface area (Å²) < 4.78 is 6.50. The van der Waals surface area contributed by atoms with E-state index in [1.807, 2.05) is 56.3 Å². The first-order valence-corrected chi connectivity index (χ1v) is 8.21. The van der Waals surface area contributed by atoms with Crippen molar-refractivity contribution >= 4 is 27.5 Å². The lowest BCUT2D eigenvalue weighted by atomic mass is 9.92. The van der Waals surface area contributed by atoms with Gasteiger partial charge in [-0.25, -0.2) is 0 Å². The van der Waals surface area contributed by atoms with Crippen molar-refractivity contribution in [2.45, 2.75) is 32.4 Å². The third kappa shape index (κ3) is 4.56. The number of nitrogens with one attached hydrogen (secondary N) is 1. The molecule has 122 valence electrons. The highest BCUT2D eigenvalue weighted by atomic mass is 79.9. The monoisotopic (exact) mass is 376 g/mol. The molecular formula is C18H21BrN2O2. The third-order valence-electron chi connectivity index (χ3n) is 3.35. The fourth-order valence-corrected chi connectivity index (χ4v) is 2.62. The molecule has 2 rings (SSSR count). The molecule has 0 aliphatic rings. The molecule has 0 fully saturated rings. The van der Waals surface area contributed by atoms with Crippen LogP contribution in [0.2, 0.25) is 0 Å². The molecule has 0 saturated heterocycles. The molecule has 1 amide bonds. The average Bonchev–Trinajstić information content (AvgIpc) is 2.46. The second-order valence-electron chi connectivity index (χ2n) is 5.86. The molecule has 0 radical (unpaired) electrons. The number of carbonyl (C=O) groups is 1. The number of nitrogens with two attached hydrogens (primary N) is 1. The maximum Gasteiger partial charge on any atom is 0.248 e. The smallest absolute Gasteiger partial charge is 0.248 e. The molecule has 0 aliphatic carbocycles. The van der Waals surface area contributed by atoms with Crippen LogP contribution in [0.5, 0.6) is 5.75 Å². The van der Waals surface area contributed by atoms with Crippen LogP contribution in [0.3, 0.4) is 0 Å². The summed E-state index contributed by atoms with van der Waals surface area (Å²) >= 11 is 3.43. The Bertz CT molecular complexity index is 685. The van der Waals surface area contributed by atoms with Gasteiger partial charge in [-0.3, -0.25) is 4.79 Å². The summed E-state index contributed by atoms with van der Waals surface area (Å²) in [4.78, 5) is 12.6. The number of hydrogen-bond acceptors (Lipinski definition) is 3. The first kappa shape index (κ1) is 17.5. The van der Waals surface area contributed by atoms with Crippen LogP contribution in [-0.4, -0.2) is 12.0 Å². The second-order valence-corrected chi connectivity index (χ2v) is 6.78. The molecule has 23 heavy (non-hydrogen) atoms. The number of benzene rings is 2. The van der Waals surface area contributed by atoms with Gasteiger partial charge in [0, 0.05) is 16.2 Å². The summed E-state index contributed by atoms with van der Waals surface area (Å²) in [7, 11) is 0. The zero-order valence-corrected chi connectivity index (χ0v) is 15.1. The zero-order chi connectivity index (χ0) is 17.0. The van der Waals surface area contributed by atoms with Crippen LogP contribution >= 0.6 is 15.9 Å². The predicted octanol–water partition coefficient (Wildman–Crippen LogP) is 4.05. The van der Waals surface area contributed by atoms with Gasteiger partial charge in [0.05, 0.1) is 6.10 Å². The summed E-state index contributed by atoms with van der Waals surface area (Å²) in [5.74, 6) is 0.403. The van der Waals surface area contributed by atoms with E-state index in [1.54, 1.807) is 13.0 Å². The largest absolute Gasteiger partial charge is 0.491 e. The molecule has 4 nitrogen and oxygen atoms in total. The Morgan fingerprint density at radius 1 is 1.22 bits per heavy atom. The lowest BCUT2D eigenvalue weighted by molar-refractivity contribution is -0.120. The number of hydrogen-bond donors (Lipinski definition) is 2. The standard InChI is InChI=1S/C18H21BrN2O2/c1-12(2)23-16-10-14(19)9-15(11-16)21-17(22)18(3,20)13-7-5-4-6-8-13/h4-12H,20H2,1-3H3,(H,21,22). The molecule has 0 aromatic heterocycles. The maximum absolute atomic E-state index is 12.6. The lowest BCUT2D eigenvalue weighted by Crippen LogP contribution is -2.45. The topological polar surface area (TPSA) is 64.3 Å². The zero-order valence-electron chi connectivity index (χ0n) is 13.5. The Hall–Kier alpha value is -1.85. The SMILES string of the molecule is CC(C)Oc1cc(Br)cc(NC(=O)C(C)(N)c2ccccc2)c1. The minimum atomic E-state index is -1.12. The molecule has 0 spiro atoms. The number of carbonyl (C=O) groups excluding carboxylic acids is 1. The van der Waals surface area contributed by atoms with Crippen molar-refractivity contribution < 1.29 is 9.53 Å². The lowest BCUT2D eigenvalue weighted by Gasteiger charge is -2.24. The predicted molar refractivity (Wildman–Crippen MR) is 96.5 cm³/mol. The van der Waals surface area contributed by atoms with Crippen molar-refractivity contribution in [2.75, 3.05) is 5.32 Å². The fourth-order valence-electron chi connectivity index (χ4n) is 2.15. The molecule has 5 heteroatoms. The van der Waals surface area contributed by atoms with Crippen molar-refractivity contribution in [1.82, 2.24) is 0 Å². The molecular weight excluding hydrogens is 356 g/mol. The van der Waals surface area contributed by atoms with E-state index in [1.165, 1.54) is 0 Å². The van der Waals surface area contributed by atoms with Crippen LogP contribution in [0.1, 0.15) is 26.3 Å². The van der Waals surface area contributed by atoms with Crippen LogP contribution < -0.4 is 15.8 Å². The van der Waals surface area contributed by atoms with Crippen LogP contribution in [0.15, 0.2) is 53.0 Å². The first-order chi connectivity index (χ1) is 10.8. The van der Waals surface area contributed by atoms with Gasteiger partial charge in [0.15, 0.2) is 0 Å². The quantitative estimate of drug-likeness (QED) is 0.826. The number of halogens is 1. The summed E-state index contributed by atoms with van der Waals surface area (Å²) in [5.41, 5.74) is 6.50. The van der Waals surface area contributed by atoms with Crippen molar-refractivity contribution in [2.24, 2.45) is 5.73 Å². The van der Waals surface area contributed by atoms with Crippen molar-refractivity contribution in [3.63, 3.8) is 0 Å². The molecule has 0 saturated carbocycles. The van der Waals surface area contributed by atoms with Gasteiger partial charge in [0.2, 0.25) is 5.91 Å². The second kappa shape index (κ2) is 7.15. The number of rotatable bonds is 5. The van der Waals surface area contributed by atoms with Gasteiger partial charge in [0.1, 0.15) is 11.3 Å². The van der Waals surface area contributed by atoms with Gasteiger partial charge >= 0.3 is 0 Å². The number of anilines is 1. The third-order valence-corrected chi connectivity index (χ3v) is 3.80. The van der Waals surface area contributed by atoms with Crippen LogP contribution in [0, 0.1) is 0 Å². The van der Waals surface area contributed by atoms with E-state index in [4.69, 9.17) is 10.5 Å². The van der Waals surface area contributed by atoms with Crippen molar-refractivity contribution in [1.29, 1.82) is 0 Å². The molecule has 0 bridgehead atoms. The van der Waals surface area contributed by atoms with Gasteiger partial charge in [-0.1, -0.05) is 46.3 Å². The Kier molecular flexibility index (Phi) is 5.44. The first-order valence-electron chi connectivity index (χ1n) is 7.42. The molecule has 2 aromatic rings. The van der Waals surface area contributed by atoms with Crippen molar-refractivity contribution in [3.8, 4) is 5.75 Å². The minimum Gasteiger partial charge on any atom is -0.491 e. The van der Waals surface area contributed by atoms with Gasteiger partial charge in [0.25, 0.3) is 0 Å².